The summed E-state index contributed by atoms with van der Waals surface area (Å²) >= 11 is 0. The number of methoxy groups -OCH3 is 1. The third-order valence-corrected chi connectivity index (χ3v) is 3.50. The molecule has 5 nitrogen and oxygen atoms in total. The molecule has 0 atom stereocenters. The SMILES string of the molecule is CCn1c(CC(C)C)c(N)c(=O)n1-c1ccccc1OC. The van der Waals surface area contributed by atoms with Crippen molar-refractivity contribution in [1.82, 2.24) is 9.36 Å². The van der Waals surface area contributed by atoms with Gasteiger partial charge in [-0.1, -0.05) is 26.0 Å². The van der Waals surface area contributed by atoms with Gasteiger partial charge in [-0.15, -0.1) is 0 Å². The third-order valence-electron chi connectivity index (χ3n) is 3.50. The predicted molar refractivity (Wildman–Crippen MR) is 85.2 cm³/mol. The molecule has 114 valence electrons. The standard InChI is InChI=1S/C16H23N3O2/c1-5-18-13(10-11(2)3)15(17)16(20)19(18)12-8-6-7-9-14(12)21-4/h6-9,11H,5,10,17H2,1-4H3. The zero-order chi connectivity index (χ0) is 15.6. The van der Waals surface area contributed by atoms with Gasteiger partial charge in [0.25, 0.3) is 5.56 Å². The van der Waals surface area contributed by atoms with Crippen LogP contribution in [0.25, 0.3) is 5.69 Å². The minimum Gasteiger partial charge on any atom is -0.494 e. The highest BCUT2D eigenvalue weighted by molar-refractivity contribution is 5.51. The molecule has 1 heterocycles. The summed E-state index contributed by atoms with van der Waals surface area (Å²) < 4.78 is 8.93. The number of hydrogen-bond acceptors (Lipinski definition) is 3. The van der Waals surface area contributed by atoms with E-state index in [1.807, 2.05) is 35.9 Å². The van der Waals surface area contributed by atoms with Gasteiger partial charge >= 0.3 is 0 Å². The normalized spacial score (nSPS) is 11.1. The van der Waals surface area contributed by atoms with E-state index in [0.717, 1.165) is 12.1 Å². The highest BCUT2D eigenvalue weighted by atomic mass is 16.5. The van der Waals surface area contributed by atoms with E-state index in [-0.39, 0.29) is 5.56 Å². The first kappa shape index (κ1) is 15.2. The van der Waals surface area contributed by atoms with Crippen LogP contribution in [0.2, 0.25) is 0 Å². The molecule has 0 aliphatic rings. The molecule has 0 saturated heterocycles. The second-order valence-corrected chi connectivity index (χ2v) is 5.46. The quantitative estimate of drug-likeness (QED) is 0.919. The fraction of sp³-hybridized carbons (Fsp3) is 0.438. The summed E-state index contributed by atoms with van der Waals surface area (Å²) in [5.74, 6) is 1.08. The topological polar surface area (TPSA) is 62.2 Å². The molecule has 2 rings (SSSR count). The predicted octanol–water partition coefficient (Wildman–Crippen LogP) is 2.45. The molecule has 0 bridgehead atoms. The molecular formula is C16H23N3O2. The van der Waals surface area contributed by atoms with Crippen LogP contribution >= 0.6 is 0 Å². The molecule has 2 N–H and O–H groups in total. The molecule has 5 heteroatoms. The van der Waals surface area contributed by atoms with Crippen molar-refractivity contribution >= 4 is 5.69 Å². The van der Waals surface area contributed by atoms with Crippen LogP contribution in [0, 0.1) is 5.92 Å². The van der Waals surface area contributed by atoms with Crippen molar-refractivity contribution in [3.8, 4) is 11.4 Å². The third kappa shape index (κ3) is 2.68. The summed E-state index contributed by atoms with van der Waals surface area (Å²) in [5.41, 5.74) is 7.82. The lowest BCUT2D eigenvalue weighted by molar-refractivity contribution is 0.406. The number of nitrogens with two attached hydrogens (primary N) is 1. The van der Waals surface area contributed by atoms with Crippen LogP contribution in [-0.4, -0.2) is 16.5 Å². The van der Waals surface area contributed by atoms with Gasteiger partial charge in [0.05, 0.1) is 12.8 Å². The lowest BCUT2D eigenvalue weighted by Crippen LogP contribution is -2.22. The van der Waals surface area contributed by atoms with Crippen LogP contribution < -0.4 is 16.0 Å². The highest BCUT2D eigenvalue weighted by Gasteiger charge is 2.20. The summed E-state index contributed by atoms with van der Waals surface area (Å²) in [6, 6.07) is 7.47. The summed E-state index contributed by atoms with van der Waals surface area (Å²) in [6.07, 6.45) is 0.775. The highest BCUT2D eigenvalue weighted by Crippen LogP contribution is 2.24. The van der Waals surface area contributed by atoms with Crippen LogP contribution in [0.4, 0.5) is 5.69 Å². The largest absolute Gasteiger partial charge is 0.494 e. The van der Waals surface area contributed by atoms with E-state index >= 15 is 0 Å². The maximum absolute atomic E-state index is 12.6. The molecule has 0 radical (unpaired) electrons. The van der Waals surface area contributed by atoms with Gasteiger partial charge in [-0.2, -0.15) is 0 Å². The molecule has 0 unspecified atom stereocenters. The van der Waals surface area contributed by atoms with Crippen LogP contribution in [0.1, 0.15) is 26.5 Å². The molecule has 2 aromatic rings. The number of nitrogens with zero attached hydrogens (tertiary/aromatic N) is 2. The Labute approximate surface area is 124 Å². The van der Waals surface area contributed by atoms with Crippen LogP contribution in [0.3, 0.4) is 0 Å². The van der Waals surface area contributed by atoms with Gasteiger partial charge in [-0.3, -0.25) is 9.48 Å². The smallest absolute Gasteiger partial charge is 0.294 e. The Kier molecular flexibility index (Phi) is 4.40. The number of ether oxygens (including phenoxy) is 1. The Morgan fingerprint density at radius 3 is 2.52 bits per heavy atom. The molecule has 0 aliphatic heterocycles. The second-order valence-electron chi connectivity index (χ2n) is 5.46. The first-order valence-corrected chi connectivity index (χ1v) is 7.24. The zero-order valence-corrected chi connectivity index (χ0v) is 13.1. The Morgan fingerprint density at radius 1 is 1.29 bits per heavy atom. The lowest BCUT2D eigenvalue weighted by atomic mass is 10.1. The number of anilines is 1. The van der Waals surface area contributed by atoms with Crippen molar-refractivity contribution in [1.29, 1.82) is 0 Å². The minimum absolute atomic E-state index is 0.183. The number of rotatable bonds is 5. The Morgan fingerprint density at radius 2 is 1.95 bits per heavy atom. The average molecular weight is 289 g/mol. The van der Waals surface area contributed by atoms with Gasteiger partial charge < -0.3 is 10.5 Å². The number of hydrogen-bond donors (Lipinski definition) is 1. The molecular weight excluding hydrogens is 266 g/mol. The summed E-state index contributed by atoms with van der Waals surface area (Å²) in [6.45, 7) is 6.91. The molecule has 21 heavy (non-hydrogen) atoms. The Bertz CT molecular complexity index is 683. The molecule has 0 spiro atoms. The van der Waals surface area contributed by atoms with E-state index in [4.69, 9.17) is 10.5 Å². The van der Waals surface area contributed by atoms with E-state index in [1.54, 1.807) is 11.8 Å². The summed E-state index contributed by atoms with van der Waals surface area (Å²) in [5, 5.41) is 0. The van der Waals surface area contributed by atoms with Crippen LogP contribution in [0.5, 0.6) is 5.75 Å². The van der Waals surface area contributed by atoms with Crippen molar-refractivity contribution in [3.05, 3.63) is 40.3 Å². The van der Waals surface area contributed by atoms with E-state index in [2.05, 4.69) is 13.8 Å². The summed E-state index contributed by atoms with van der Waals surface area (Å²) in [4.78, 5) is 12.6. The lowest BCUT2D eigenvalue weighted by Gasteiger charge is -2.16. The second kappa shape index (κ2) is 6.08. The van der Waals surface area contributed by atoms with E-state index in [9.17, 15) is 4.79 Å². The number of benzene rings is 1. The maximum atomic E-state index is 12.6. The minimum atomic E-state index is -0.183. The van der Waals surface area contributed by atoms with E-state index < -0.39 is 0 Å². The average Bonchev–Trinajstić information content (AvgIpc) is 2.71. The van der Waals surface area contributed by atoms with Crippen molar-refractivity contribution in [2.24, 2.45) is 5.92 Å². The molecule has 1 aromatic heterocycles. The van der Waals surface area contributed by atoms with Gasteiger partial charge in [0.1, 0.15) is 17.1 Å². The van der Waals surface area contributed by atoms with Gasteiger partial charge in [0.2, 0.25) is 0 Å². The van der Waals surface area contributed by atoms with Crippen molar-refractivity contribution in [2.75, 3.05) is 12.8 Å². The molecule has 0 fully saturated rings. The van der Waals surface area contributed by atoms with Crippen LogP contribution in [-0.2, 0) is 13.0 Å². The number of nitrogen functional groups attached to an aromatic ring is 1. The maximum Gasteiger partial charge on any atom is 0.294 e. The molecule has 0 saturated carbocycles. The van der Waals surface area contributed by atoms with E-state index in [1.165, 1.54) is 0 Å². The zero-order valence-electron chi connectivity index (χ0n) is 13.1. The van der Waals surface area contributed by atoms with Gasteiger partial charge in [-0.05, 0) is 31.4 Å². The monoisotopic (exact) mass is 289 g/mol. The van der Waals surface area contributed by atoms with Crippen molar-refractivity contribution in [2.45, 2.75) is 33.7 Å². The first-order chi connectivity index (χ1) is 10.0. The number of aromatic nitrogens is 2. The van der Waals surface area contributed by atoms with Gasteiger partial charge in [0.15, 0.2) is 0 Å². The van der Waals surface area contributed by atoms with Crippen molar-refractivity contribution < 1.29 is 4.74 Å². The Hall–Kier alpha value is -2.17. The fourth-order valence-corrected chi connectivity index (χ4v) is 2.59. The van der Waals surface area contributed by atoms with Crippen molar-refractivity contribution in [3.63, 3.8) is 0 Å². The molecule has 0 aliphatic carbocycles. The molecule has 0 amide bonds. The summed E-state index contributed by atoms with van der Waals surface area (Å²) in [7, 11) is 1.60. The number of para-hydroxylation sites is 2. The Balaban J connectivity index is 2.72. The van der Waals surface area contributed by atoms with Gasteiger partial charge in [-0.25, -0.2) is 4.68 Å². The van der Waals surface area contributed by atoms with Crippen LogP contribution in [0.15, 0.2) is 29.1 Å². The molecule has 1 aromatic carbocycles. The van der Waals surface area contributed by atoms with E-state index in [0.29, 0.717) is 29.6 Å². The van der Waals surface area contributed by atoms with Gasteiger partial charge in [0, 0.05) is 6.54 Å². The first-order valence-electron chi connectivity index (χ1n) is 7.24. The fourth-order valence-electron chi connectivity index (χ4n) is 2.59.